The van der Waals surface area contributed by atoms with Gasteiger partial charge in [0.2, 0.25) is 10.0 Å². The smallest absolute Gasteiger partial charge is 0.324 e. The Morgan fingerprint density at radius 2 is 1.76 bits per heavy atom. The van der Waals surface area contributed by atoms with Crippen molar-refractivity contribution in [3.8, 4) is 0 Å². The molecule has 2 rings (SSSR count). The molecule has 25 heavy (non-hydrogen) atoms. The van der Waals surface area contributed by atoms with Crippen molar-refractivity contribution in [1.29, 1.82) is 0 Å². The minimum Gasteiger partial charge on any atom is -0.480 e. The average molecular weight is 444 g/mol. The molecule has 0 aliphatic carbocycles. The van der Waals surface area contributed by atoms with Gasteiger partial charge in [0.15, 0.2) is 0 Å². The number of aliphatic carboxylic acids is 1. The van der Waals surface area contributed by atoms with Gasteiger partial charge in [-0.2, -0.15) is 0 Å². The number of benzene rings is 2. The van der Waals surface area contributed by atoms with Gasteiger partial charge in [0.05, 0.1) is 4.90 Å². The van der Waals surface area contributed by atoms with E-state index >= 15 is 0 Å². The first kappa shape index (κ1) is 20.0. The summed E-state index contributed by atoms with van der Waals surface area (Å²) in [6.07, 6.45) is 0. The minimum absolute atomic E-state index is 0.138. The molecule has 0 spiro atoms. The van der Waals surface area contributed by atoms with E-state index in [-0.39, 0.29) is 11.4 Å². The summed E-state index contributed by atoms with van der Waals surface area (Å²) >= 11 is 4.45. The summed E-state index contributed by atoms with van der Waals surface area (Å²) in [5.74, 6) is -0.632. The van der Waals surface area contributed by atoms with Gasteiger partial charge in [-0.25, -0.2) is 13.1 Å². The van der Waals surface area contributed by atoms with Crippen molar-refractivity contribution in [1.82, 2.24) is 4.72 Å². The first-order valence-electron chi connectivity index (χ1n) is 7.44. The van der Waals surface area contributed by atoms with Crippen molar-refractivity contribution >= 4 is 43.7 Å². The molecule has 0 bridgehead atoms. The van der Waals surface area contributed by atoms with Crippen molar-refractivity contribution in [2.45, 2.75) is 16.6 Å². The van der Waals surface area contributed by atoms with Crippen LogP contribution in [0.4, 0.5) is 0 Å². The van der Waals surface area contributed by atoms with Gasteiger partial charge in [-0.1, -0.05) is 46.3 Å². The lowest BCUT2D eigenvalue weighted by Crippen LogP contribution is -2.32. The summed E-state index contributed by atoms with van der Waals surface area (Å²) in [7, 11) is -3.61. The zero-order valence-electron chi connectivity index (χ0n) is 13.5. The van der Waals surface area contributed by atoms with E-state index in [1.54, 1.807) is 43.3 Å². The first-order chi connectivity index (χ1) is 11.8. The summed E-state index contributed by atoms with van der Waals surface area (Å²) in [6, 6.07) is 15.2. The second-order valence-corrected chi connectivity index (χ2v) is 9.60. The summed E-state index contributed by atoms with van der Waals surface area (Å²) in [4.78, 5) is 11.9. The van der Waals surface area contributed by atoms with Crippen LogP contribution in [0.5, 0.6) is 0 Å². The lowest BCUT2D eigenvalue weighted by molar-refractivity contribution is -0.139. The maximum Gasteiger partial charge on any atom is 0.324 e. The van der Waals surface area contributed by atoms with Crippen molar-refractivity contribution in [3.05, 3.63) is 64.6 Å². The van der Waals surface area contributed by atoms with Gasteiger partial charge in [-0.15, -0.1) is 11.8 Å². The van der Waals surface area contributed by atoms with Crippen LogP contribution in [0.2, 0.25) is 0 Å². The predicted octanol–water partition coefficient (Wildman–Crippen LogP) is 3.46. The number of carbonyl (C=O) groups is 1. The molecule has 0 fully saturated rings. The van der Waals surface area contributed by atoms with Gasteiger partial charge < -0.3 is 5.11 Å². The summed E-state index contributed by atoms with van der Waals surface area (Å²) < 4.78 is 26.6. The van der Waals surface area contributed by atoms with Crippen LogP contribution < -0.4 is 4.72 Å². The Kier molecular flexibility index (Phi) is 6.67. The van der Waals surface area contributed by atoms with Gasteiger partial charge in [0.25, 0.3) is 0 Å². The highest BCUT2D eigenvalue weighted by atomic mass is 79.9. The number of carboxylic acids is 1. The fourth-order valence-corrected chi connectivity index (χ4v) is 4.62. The fraction of sp³-hybridized carbons (Fsp3) is 0.235. The third-order valence-electron chi connectivity index (χ3n) is 3.64. The van der Waals surface area contributed by atoms with Gasteiger partial charge >= 0.3 is 5.97 Å². The monoisotopic (exact) mass is 443 g/mol. The number of halogens is 1. The summed E-state index contributed by atoms with van der Waals surface area (Å²) in [5, 5.41) is 9.59. The number of hydrogen-bond acceptors (Lipinski definition) is 4. The Hall–Kier alpha value is -1.35. The van der Waals surface area contributed by atoms with E-state index in [9.17, 15) is 18.3 Å². The molecule has 0 saturated carbocycles. The molecule has 0 amide bonds. The zero-order chi connectivity index (χ0) is 18.5. The quantitative estimate of drug-likeness (QED) is 0.610. The molecule has 5 nitrogen and oxygen atoms in total. The molecule has 2 aromatic carbocycles. The molecule has 0 aliphatic heterocycles. The van der Waals surface area contributed by atoms with Gasteiger partial charge in [-0.3, -0.25) is 4.79 Å². The Balaban J connectivity index is 1.99. The molecule has 2 aromatic rings. The Bertz CT molecular complexity index is 825. The van der Waals surface area contributed by atoms with Crippen LogP contribution in [-0.2, 0) is 19.6 Å². The van der Waals surface area contributed by atoms with E-state index in [2.05, 4.69) is 20.7 Å². The highest BCUT2D eigenvalue weighted by Gasteiger charge is 2.35. The highest BCUT2D eigenvalue weighted by molar-refractivity contribution is 9.10. The molecule has 0 aromatic heterocycles. The Labute approximate surface area is 160 Å². The van der Waals surface area contributed by atoms with Gasteiger partial charge in [-0.05, 0) is 36.8 Å². The SMILES string of the molecule is CC(SCCNS(=O)(=O)c1ccc(Br)cc1)(C(=O)O)c1ccccc1. The third kappa shape index (κ3) is 5.07. The molecule has 2 N–H and O–H groups in total. The number of rotatable bonds is 8. The van der Waals surface area contributed by atoms with Gasteiger partial charge in [0, 0.05) is 16.8 Å². The van der Waals surface area contributed by atoms with E-state index in [1.807, 2.05) is 6.07 Å². The second kappa shape index (κ2) is 8.35. The standard InChI is InChI=1S/C17H18BrNO4S2/c1-17(16(20)21,13-5-3-2-4-6-13)24-12-11-19-25(22,23)15-9-7-14(18)8-10-15/h2-10,19H,11-12H2,1H3,(H,20,21). The molecule has 1 unspecified atom stereocenters. The van der Waals surface area contributed by atoms with Crippen LogP contribution in [0.25, 0.3) is 0 Å². The van der Waals surface area contributed by atoms with Crippen LogP contribution in [0.15, 0.2) is 64.0 Å². The highest BCUT2D eigenvalue weighted by Crippen LogP contribution is 2.36. The lowest BCUT2D eigenvalue weighted by Gasteiger charge is -2.24. The van der Waals surface area contributed by atoms with Crippen molar-refractivity contribution in [2.75, 3.05) is 12.3 Å². The second-order valence-electron chi connectivity index (χ2n) is 5.40. The number of nitrogens with one attached hydrogen (secondary N) is 1. The molecule has 134 valence electrons. The zero-order valence-corrected chi connectivity index (χ0v) is 16.7. The van der Waals surface area contributed by atoms with Crippen LogP contribution >= 0.6 is 27.7 Å². The predicted molar refractivity (Wildman–Crippen MR) is 103 cm³/mol. The number of hydrogen-bond donors (Lipinski definition) is 2. The number of thioether (sulfide) groups is 1. The Morgan fingerprint density at radius 3 is 2.32 bits per heavy atom. The first-order valence-corrected chi connectivity index (χ1v) is 10.7. The van der Waals surface area contributed by atoms with E-state index in [1.165, 1.54) is 23.9 Å². The van der Waals surface area contributed by atoms with Crippen LogP contribution in [0.3, 0.4) is 0 Å². The van der Waals surface area contributed by atoms with Crippen LogP contribution in [-0.4, -0.2) is 31.8 Å². The molecular weight excluding hydrogens is 426 g/mol. The summed E-state index contributed by atoms with van der Waals surface area (Å²) in [5.41, 5.74) is 0.670. The maximum absolute atomic E-state index is 12.2. The largest absolute Gasteiger partial charge is 0.480 e. The topological polar surface area (TPSA) is 83.5 Å². The number of sulfonamides is 1. The summed E-state index contributed by atoms with van der Waals surface area (Å²) in [6.45, 7) is 1.76. The molecule has 8 heteroatoms. The normalized spacial score (nSPS) is 14.0. The number of carboxylic acid groups (broad SMARTS) is 1. The van der Waals surface area contributed by atoms with E-state index in [4.69, 9.17) is 0 Å². The third-order valence-corrected chi connectivity index (χ3v) is 7.04. The van der Waals surface area contributed by atoms with Crippen molar-refractivity contribution in [3.63, 3.8) is 0 Å². The lowest BCUT2D eigenvalue weighted by atomic mass is 10.0. The molecule has 0 heterocycles. The van der Waals surface area contributed by atoms with Crippen LogP contribution in [0.1, 0.15) is 12.5 Å². The van der Waals surface area contributed by atoms with E-state index < -0.39 is 20.7 Å². The van der Waals surface area contributed by atoms with Crippen molar-refractivity contribution in [2.24, 2.45) is 0 Å². The fourth-order valence-electron chi connectivity index (χ4n) is 2.15. The molecule has 0 radical (unpaired) electrons. The molecule has 0 saturated heterocycles. The van der Waals surface area contributed by atoms with Gasteiger partial charge in [0.1, 0.15) is 4.75 Å². The molecule has 0 aliphatic rings. The van der Waals surface area contributed by atoms with E-state index in [0.29, 0.717) is 11.3 Å². The minimum atomic E-state index is -3.61. The van der Waals surface area contributed by atoms with E-state index in [0.717, 1.165) is 4.47 Å². The van der Waals surface area contributed by atoms with Crippen LogP contribution in [0, 0.1) is 0 Å². The Morgan fingerprint density at radius 1 is 1.16 bits per heavy atom. The van der Waals surface area contributed by atoms with Crippen molar-refractivity contribution < 1.29 is 18.3 Å². The average Bonchev–Trinajstić information content (AvgIpc) is 2.59. The molecule has 1 atom stereocenters. The maximum atomic E-state index is 12.2. The molecular formula is C17H18BrNO4S2.